The van der Waals surface area contributed by atoms with Gasteiger partial charge in [-0.05, 0) is 42.9 Å². The van der Waals surface area contributed by atoms with E-state index in [1.807, 2.05) is 0 Å². The van der Waals surface area contributed by atoms with Crippen LogP contribution < -0.4 is 10.6 Å². The summed E-state index contributed by atoms with van der Waals surface area (Å²) in [6.07, 6.45) is 2.28. The van der Waals surface area contributed by atoms with Gasteiger partial charge in [-0.3, -0.25) is 0 Å². The van der Waals surface area contributed by atoms with Gasteiger partial charge in [0.2, 0.25) is 0 Å². The highest BCUT2D eigenvalue weighted by molar-refractivity contribution is 5.60. The van der Waals surface area contributed by atoms with Crippen molar-refractivity contribution in [2.24, 2.45) is 17.6 Å². The number of fused-ring (bicyclic) bond motifs is 1. The van der Waals surface area contributed by atoms with E-state index in [-0.39, 0.29) is 11.9 Å². The number of rotatable bonds is 1. The Balaban J connectivity index is 1.87. The second-order valence-corrected chi connectivity index (χ2v) is 5.34. The van der Waals surface area contributed by atoms with Gasteiger partial charge in [0.25, 0.3) is 0 Å². The summed E-state index contributed by atoms with van der Waals surface area (Å²) >= 11 is 0. The third kappa shape index (κ3) is 1.75. The van der Waals surface area contributed by atoms with Crippen LogP contribution in [0.15, 0.2) is 18.2 Å². The Kier molecular flexibility index (Phi) is 2.71. The van der Waals surface area contributed by atoms with E-state index in [1.54, 1.807) is 6.07 Å². The summed E-state index contributed by atoms with van der Waals surface area (Å²) in [7, 11) is 0. The molecule has 1 saturated heterocycles. The van der Waals surface area contributed by atoms with Crippen molar-refractivity contribution in [1.82, 2.24) is 0 Å². The number of nitrogens with zero attached hydrogens (tertiary/aromatic N) is 2. The van der Waals surface area contributed by atoms with Crippen molar-refractivity contribution >= 4 is 5.69 Å². The van der Waals surface area contributed by atoms with Crippen LogP contribution in [-0.2, 0) is 0 Å². The topological polar surface area (TPSA) is 53.0 Å². The molecule has 2 N–H and O–H groups in total. The number of benzene rings is 1. The molecule has 3 rings (SSSR count). The van der Waals surface area contributed by atoms with E-state index in [0.29, 0.717) is 17.4 Å². The molecule has 0 amide bonds. The summed E-state index contributed by atoms with van der Waals surface area (Å²) in [5.74, 6) is 0.810. The van der Waals surface area contributed by atoms with Gasteiger partial charge in [-0.25, -0.2) is 4.39 Å². The smallest absolute Gasteiger partial charge is 0.124 e. The molecule has 1 aliphatic heterocycles. The third-order valence-corrected chi connectivity index (χ3v) is 4.33. The Bertz CT molecular complexity index is 508. The van der Waals surface area contributed by atoms with Crippen molar-refractivity contribution in [1.29, 1.82) is 5.26 Å². The second kappa shape index (κ2) is 4.25. The zero-order chi connectivity index (χ0) is 12.7. The number of halogens is 1. The standard InChI is InChI=1S/C14H16FN3/c15-11-2-4-14(10(5-11)6-16)18-7-9-1-3-13(17)12(9)8-18/h2,4-5,9,12-13H,1,3,7-8,17H2. The van der Waals surface area contributed by atoms with Crippen molar-refractivity contribution in [3.63, 3.8) is 0 Å². The Labute approximate surface area is 106 Å². The molecule has 0 spiro atoms. The molecule has 3 atom stereocenters. The number of nitrogens with two attached hydrogens (primary N) is 1. The Hall–Kier alpha value is -1.60. The number of anilines is 1. The van der Waals surface area contributed by atoms with E-state index in [1.165, 1.54) is 18.6 Å². The van der Waals surface area contributed by atoms with Crippen LogP contribution >= 0.6 is 0 Å². The fourth-order valence-electron chi connectivity index (χ4n) is 3.38. The molecule has 2 fully saturated rings. The average molecular weight is 245 g/mol. The maximum atomic E-state index is 13.1. The third-order valence-electron chi connectivity index (χ3n) is 4.33. The minimum atomic E-state index is -0.355. The SMILES string of the molecule is N#Cc1cc(F)ccc1N1CC2CCC(N)C2C1. The Morgan fingerprint density at radius 2 is 2.17 bits per heavy atom. The molecular weight excluding hydrogens is 229 g/mol. The summed E-state index contributed by atoms with van der Waals surface area (Å²) < 4.78 is 13.1. The minimum Gasteiger partial charge on any atom is -0.370 e. The quantitative estimate of drug-likeness (QED) is 0.821. The summed E-state index contributed by atoms with van der Waals surface area (Å²) in [6, 6.07) is 6.80. The second-order valence-electron chi connectivity index (χ2n) is 5.34. The van der Waals surface area contributed by atoms with E-state index in [9.17, 15) is 4.39 Å². The first-order chi connectivity index (χ1) is 8.69. The van der Waals surface area contributed by atoms with Crippen molar-refractivity contribution in [3.05, 3.63) is 29.6 Å². The molecule has 3 nitrogen and oxygen atoms in total. The fourth-order valence-corrected chi connectivity index (χ4v) is 3.38. The highest BCUT2D eigenvalue weighted by Gasteiger charge is 2.41. The molecule has 1 aromatic rings. The van der Waals surface area contributed by atoms with Crippen molar-refractivity contribution in [3.8, 4) is 6.07 Å². The Morgan fingerprint density at radius 3 is 2.89 bits per heavy atom. The van der Waals surface area contributed by atoms with Gasteiger partial charge in [0, 0.05) is 19.1 Å². The van der Waals surface area contributed by atoms with Crippen LogP contribution in [0.1, 0.15) is 18.4 Å². The zero-order valence-corrected chi connectivity index (χ0v) is 10.1. The van der Waals surface area contributed by atoms with Crippen LogP contribution in [-0.4, -0.2) is 19.1 Å². The highest BCUT2D eigenvalue weighted by Crippen LogP contribution is 2.39. The van der Waals surface area contributed by atoms with Crippen LogP contribution in [0.3, 0.4) is 0 Å². The van der Waals surface area contributed by atoms with Crippen molar-refractivity contribution in [2.45, 2.75) is 18.9 Å². The lowest BCUT2D eigenvalue weighted by molar-refractivity contribution is 0.453. The molecule has 1 saturated carbocycles. The van der Waals surface area contributed by atoms with Gasteiger partial charge in [-0.2, -0.15) is 5.26 Å². The van der Waals surface area contributed by atoms with Crippen LogP contribution in [0.2, 0.25) is 0 Å². The molecule has 0 aromatic heterocycles. The predicted molar refractivity (Wildman–Crippen MR) is 67.5 cm³/mol. The normalized spacial score (nSPS) is 30.3. The van der Waals surface area contributed by atoms with Crippen LogP contribution in [0.25, 0.3) is 0 Å². The maximum absolute atomic E-state index is 13.1. The molecule has 1 heterocycles. The lowest BCUT2D eigenvalue weighted by atomic mass is 9.98. The predicted octanol–water partition coefficient (Wildman–Crippen LogP) is 1.87. The molecule has 3 unspecified atom stereocenters. The van der Waals surface area contributed by atoms with E-state index < -0.39 is 0 Å². The molecule has 0 radical (unpaired) electrons. The fraction of sp³-hybridized carbons (Fsp3) is 0.500. The monoisotopic (exact) mass is 245 g/mol. The van der Waals surface area contributed by atoms with Gasteiger partial charge in [0.15, 0.2) is 0 Å². The van der Waals surface area contributed by atoms with Crippen molar-refractivity contribution < 1.29 is 4.39 Å². The number of hydrogen-bond donors (Lipinski definition) is 1. The first-order valence-electron chi connectivity index (χ1n) is 6.39. The van der Waals surface area contributed by atoms with E-state index in [0.717, 1.165) is 25.2 Å². The Morgan fingerprint density at radius 1 is 1.33 bits per heavy atom. The first-order valence-corrected chi connectivity index (χ1v) is 6.39. The van der Waals surface area contributed by atoms with Crippen molar-refractivity contribution in [2.75, 3.05) is 18.0 Å². The zero-order valence-electron chi connectivity index (χ0n) is 10.1. The summed E-state index contributed by atoms with van der Waals surface area (Å²) in [5.41, 5.74) is 7.37. The lowest BCUT2D eigenvalue weighted by Gasteiger charge is -2.21. The molecule has 2 aliphatic rings. The molecule has 94 valence electrons. The van der Waals surface area contributed by atoms with Gasteiger partial charge >= 0.3 is 0 Å². The molecular formula is C14H16FN3. The maximum Gasteiger partial charge on any atom is 0.124 e. The number of nitriles is 1. The van der Waals surface area contributed by atoms with Gasteiger partial charge in [0.05, 0.1) is 11.3 Å². The average Bonchev–Trinajstić information content (AvgIpc) is 2.92. The molecule has 0 bridgehead atoms. The van der Waals surface area contributed by atoms with Gasteiger partial charge in [0.1, 0.15) is 11.9 Å². The largest absolute Gasteiger partial charge is 0.370 e. The number of hydrogen-bond acceptors (Lipinski definition) is 3. The van der Waals surface area contributed by atoms with E-state index in [4.69, 9.17) is 11.0 Å². The minimum absolute atomic E-state index is 0.283. The molecule has 4 heteroatoms. The summed E-state index contributed by atoms with van der Waals surface area (Å²) in [5, 5.41) is 9.09. The van der Waals surface area contributed by atoms with Gasteiger partial charge in [-0.1, -0.05) is 0 Å². The first kappa shape index (κ1) is 11.5. The highest BCUT2D eigenvalue weighted by atomic mass is 19.1. The van der Waals surface area contributed by atoms with Crippen LogP contribution in [0, 0.1) is 29.0 Å². The summed E-state index contributed by atoms with van der Waals surface area (Å²) in [6.45, 7) is 1.84. The molecule has 18 heavy (non-hydrogen) atoms. The van der Waals surface area contributed by atoms with Crippen LogP contribution in [0.4, 0.5) is 10.1 Å². The van der Waals surface area contributed by atoms with E-state index >= 15 is 0 Å². The molecule has 1 aliphatic carbocycles. The van der Waals surface area contributed by atoms with Crippen LogP contribution in [0.5, 0.6) is 0 Å². The van der Waals surface area contributed by atoms with E-state index in [2.05, 4.69) is 11.0 Å². The molecule has 1 aromatic carbocycles. The van der Waals surface area contributed by atoms with Gasteiger partial charge < -0.3 is 10.6 Å². The summed E-state index contributed by atoms with van der Waals surface area (Å²) in [4.78, 5) is 2.19. The van der Waals surface area contributed by atoms with Gasteiger partial charge in [-0.15, -0.1) is 0 Å². The lowest BCUT2D eigenvalue weighted by Crippen LogP contribution is -2.30.